The summed E-state index contributed by atoms with van der Waals surface area (Å²) in [7, 11) is 0. The van der Waals surface area contributed by atoms with E-state index in [1.54, 1.807) is 0 Å². The van der Waals surface area contributed by atoms with Crippen molar-refractivity contribution in [3.8, 4) is 0 Å². The van der Waals surface area contributed by atoms with Gasteiger partial charge < -0.3 is 55.1 Å². The molecule has 8 unspecified atom stereocenters. The van der Waals surface area contributed by atoms with Gasteiger partial charge in [-0.2, -0.15) is 0 Å². The minimum atomic E-state index is -1.72. The summed E-state index contributed by atoms with van der Waals surface area (Å²) in [6, 6.07) is 0. The van der Waals surface area contributed by atoms with Gasteiger partial charge in [-0.1, -0.05) is 0 Å². The Morgan fingerprint density at radius 3 is 1.22 bits per heavy atom. The first kappa shape index (κ1) is 18.9. The summed E-state index contributed by atoms with van der Waals surface area (Å²) in [4.78, 5) is 0. The molecular formula is C12H22O11. The van der Waals surface area contributed by atoms with Crippen molar-refractivity contribution in [3.05, 3.63) is 0 Å². The zero-order valence-corrected chi connectivity index (χ0v) is 12.0. The van der Waals surface area contributed by atoms with Gasteiger partial charge in [0.25, 0.3) is 0 Å². The van der Waals surface area contributed by atoms with Gasteiger partial charge in [0.1, 0.15) is 48.8 Å². The lowest BCUT2D eigenvalue weighted by Gasteiger charge is -2.44. The molecule has 23 heavy (non-hydrogen) atoms. The summed E-state index contributed by atoms with van der Waals surface area (Å²) in [6.07, 6.45) is -15.6. The highest BCUT2D eigenvalue weighted by molar-refractivity contribution is 4.92. The monoisotopic (exact) mass is 342 g/mol. The Kier molecular flexibility index (Phi) is 6.27. The molecular weight excluding hydrogens is 320 g/mol. The maximum atomic E-state index is 9.84. The molecule has 0 aromatic heterocycles. The van der Waals surface area contributed by atoms with E-state index in [4.69, 9.17) is 24.4 Å². The SMILES string of the molecule is OCC1O[C@H](O[C@@H]2OC(CO)C(O)C(O)C2O)C(O)C(O)C1O. The zero-order chi connectivity index (χ0) is 17.3. The van der Waals surface area contributed by atoms with Gasteiger partial charge in [0.05, 0.1) is 13.2 Å². The number of hydrogen-bond acceptors (Lipinski definition) is 11. The maximum absolute atomic E-state index is 9.84. The summed E-state index contributed by atoms with van der Waals surface area (Å²) in [5.41, 5.74) is 0. The lowest BCUT2D eigenvalue weighted by Crippen LogP contribution is -2.63. The van der Waals surface area contributed by atoms with Gasteiger partial charge in [0.2, 0.25) is 0 Å². The predicted octanol–water partition coefficient (Wildman–Crippen LogP) is -5.40. The molecule has 0 amide bonds. The van der Waals surface area contributed by atoms with E-state index in [0.29, 0.717) is 0 Å². The largest absolute Gasteiger partial charge is 0.394 e. The lowest BCUT2D eigenvalue weighted by molar-refractivity contribution is -0.376. The zero-order valence-electron chi connectivity index (χ0n) is 12.0. The van der Waals surface area contributed by atoms with Crippen molar-refractivity contribution >= 4 is 0 Å². The van der Waals surface area contributed by atoms with Crippen molar-refractivity contribution in [2.45, 2.75) is 61.4 Å². The standard InChI is InChI=1S/C12H22O11/c13-1-3-5(15)7(17)9(19)11(21-3)23-12-10(20)8(18)6(16)4(2-14)22-12/h3-20H,1-2H2/t3?,4?,5?,6?,7?,8?,9?,10?,11-,12+. The third-order valence-electron chi connectivity index (χ3n) is 3.97. The quantitative estimate of drug-likeness (QED) is 0.243. The van der Waals surface area contributed by atoms with Crippen LogP contribution in [0.15, 0.2) is 0 Å². The van der Waals surface area contributed by atoms with Gasteiger partial charge in [-0.25, -0.2) is 0 Å². The van der Waals surface area contributed by atoms with Gasteiger partial charge in [0, 0.05) is 0 Å². The highest BCUT2D eigenvalue weighted by atomic mass is 16.8. The molecule has 10 atom stereocenters. The Labute approximate surface area is 130 Å². The molecule has 0 bridgehead atoms. The molecule has 11 nitrogen and oxygen atoms in total. The first-order chi connectivity index (χ1) is 10.8. The summed E-state index contributed by atoms with van der Waals surface area (Å²) in [5, 5.41) is 76.4. The van der Waals surface area contributed by atoms with Crippen molar-refractivity contribution in [1.82, 2.24) is 0 Å². The molecule has 2 rings (SSSR count). The van der Waals surface area contributed by atoms with Gasteiger partial charge >= 0.3 is 0 Å². The minimum Gasteiger partial charge on any atom is -0.394 e. The topological polar surface area (TPSA) is 190 Å². The molecule has 136 valence electrons. The summed E-state index contributed by atoms with van der Waals surface area (Å²) < 4.78 is 15.3. The molecule has 2 aliphatic heterocycles. The fourth-order valence-electron chi connectivity index (χ4n) is 2.49. The van der Waals surface area contributed by atoms with Crippen molar-refractivity contribution < 1.29 is 55.1 Å². The molecule has 0 aliphatic carbocycles. The average Bonchev–Trinajstić information content (AvgIpc) is 2.55. The van der Waals surface area contributed by atoms with Crippen LogP contribution in [0.25, 0.3) is 0 Å². The Morgan fingerprint density at radius 1 is 0.565 bits per heavy atom. The van der Waals surface area contributed by atoms with Gasteiger partial charge in [-0.05, 0) is 0 Å². The van der Waals surface area contributed by atoms with Crippen LogP contribution in [0, 0.1) is 0 Å². The van der Waals surface area contributed by atoms with Crippen molar-refractivity contribution in [3.63, 3.8) is 0 Å². The van der Waals surface area contributed by atoms with E-state index >= 15 is 0 Å². The van der Waals surface area contributed by atoms with Gasteiger partial charge in [-0.3, -0.25) is 0 Å². The number of aliphatic hydroxyl groups excluding tert-OH is 8. The molecule has 2 fully saturated rings. The van der Waals surface area contributed by atoms with E-state index in [1.807, 2.05) is 0 Å². The summed E-state index contributed by atoms with van der Waals surface area (Å²) in [5.74, 6) is 0. The van der Waals surface area contributed by atoms with Crippen LogP contribution in [0.2, 0.25) is 0 Å². The third kappa shape index (κ3) is 3.65. The highest BCUT2D eigenvalue weighted by Gasteiger charge is 2.49. The van der Waals surface area contributed by atoms with E-state index in [0.717, 1.165) is 0 Å². The Morgan fingerprint density at radius 2 is 0.913 bits per heavy atom. The molecule has 8 N–H and O–H groups in total. The number of rotatable bonds is 4. The van der Waals surface area contributed by atoms with Crippen molar-refractivity contribution in [2.75, 3.05) is 13.2 Å². The van der Waals surface area contributed by atoms with Crippen LogP contribution in [-0.2, 0) is 14.2 Å². The third-order valence-corrected chi connectivity index (χ3v) is 3.97. The minimum absolute atomic E-state index is 0.667. The molecule has 0 radical (unpaired) electrons. The van der Waals surface area contributed by atoms with E-state index in [9.17, 15) is 30.6 Å². The average molecular weight is 342 g/mol. The first-order valence-corrected chi connectivity index (χ1v) is 7.08. The summed E-state index contributed by atoms with van der Waals surface area (Å²) >= 11 is 0. The van der Waals surface area contributed by atoms with E-state index in [1.165, 1.54) is 0 Å². The van der Waals surface area contributed by atoms with Crippen LogP contribution < -0.4 is 0 Å². The van der Waals surface area contributed by atoms with Crippen LogP contribution in [0.4, 0.5) is 0 Å². The molecule has 0 aromatic rings. The molecule has 0 saturated carbocycles. The molecule has 11 heteroatoms. The van der Waals surface area contributed by atoms with E-state index in [2.05, 4.69) is 0 Å². The molecule has 2 aliphatic rings. The number of ether oxygens (including phenoxy) is 3. The Hall–Kier alpha value is -0.440. The second-order valence-corrected chi connectivity index (χ2v) is 5.53. The normalized spacial score (nSPS) is 51.7. The van der Waals surface area contributed by atoms with Gasteiger partial charge in [0.15, 0.2) is 12.6 Å². The maximum Gasteiger partial charge on any atom is 0.189 e. The van der Waals surface area contributed by atoms with Crippen LogP contribution in [-0.4, -0.2) is 115 Å². The molecule has 0 aromatic carbocycles. The molecule has 2 saturated heterocycles. The van der Waals surface area contributed by atoms with Crippen LogP contribution in [0.3, 0.4) is 0 Å². The fourth-order valence-corrected chi connectivity index (χ4v) is 2.49. The Balaban J connectivity index is 2.07. The fraction of sp³-hybridized carbons (Fsp3) is 1.00. The second kappa shape index (κ2) is 7.63. The molecule has 0 spiro atoms. The predicted molar refractivity (Wildman–Crippen MR) is 68.6 cm³/mol. The second-order valence-electron chi connectivity index (χ2n) is 5.53. The first-order valence-electron chi connectivity index (χ1n) is 7.08. The molecule has 2 heterocycles. The van der Waals surface area contributed by atoms with Crippen molar-refractivity contribution in [2.24, 2.45) is 0 Å². The van der Waals surface area contributed by atoms with Gasteiger partial charge in [-0.15, -0.1) is 0 Å². The van der Waals surface area contributed by atoms with Crippen LogP contribution >= 0.6 is 0 Å². The van der Waals surface area contributed by atoms with E-state index < -0.39 is 74.6 Å². The number of hydrogen-bond donors (Lipinski definition) is 8. The number of aliphatic hydroxyl groups is 8. The highest BCUT2D eigenvalue weighted by Crippen LogP contribution is 2.27. The Bertz CT molecular complexity index is 344. The van der Waals surface area contributed by atoms with E-state index in [-0.39, 0.29) is 0 Å². The lowest BCUT2D eigenvalue weighted by atomic mass is 9.98. The summed E-state index contributed by atoms with van der Waals surface area (Å²) in [6.45, 7) is -1.33. The van der Waals surface area contributed by atoms with Crippen molar-refractivity contribution in [1.29, 1.82) is 0 Å². The van der Waals surface area contributed by atoms with Crippen LogP contribution in [0.1, 0.15) is 0 Å². The van der Waals surface area contributed by atoms with Crippen LogP contribution in [0.5, 0.6) is 0 Å². The smallest absolute Gasteiger partial charge is 0.189 e.